The number of alkyl halides is 24. The minimum atomic E-state index is -6.13. The smallest absolute Gasteiger partial charge is 0.416 e. The van der Waals surface area contributed by atoms with Crippen LogP contribution in [0.2, 0.25) is 0 Å². The molecule has 0 radical (unpaired) electrons. The highest BCUT2D eigenvalue weighted by atomic mass is 32.2. The highest BCUT2D eigenvalue weighted by Gasteiger charge is 2.47. The lowest BCUT2D eigenvalue weighted by Gasteiger charge is -2.46. The summed E-state index contributed by atoms with van der Waals surface area (Å²) in [6, 6.07) is -0.365. The second-order valence-electron chi connectivity index (χ2n) is 15.8. The zero-order chi connectivity index (χ0) is 57.5. The van der Waals surface area contributed by atoms with Crippen LogP contribution in [0.5, 0.6) is 0 Å². The molecule has 0 spiro atoms. The van der Waals surface area contributed by atoms with Crippen LogP contribution in [0, 0.1) is 0 Å². The first-order valence-electron chi connectivity index (χ1n) is 19.8. The molecule has 0 bridgehead atoms. The molecule has 408 valence electrons. The number of benzene rings is 5. The number of hydrogen-bond donors (Lipinski definition) is 2. The van der Waals surface area contributed by atoms with E-state index >= 15 is 0 Å². The van der Waals surface area contributed by atoms with E-state index in [1.165, 1.54) is 0 Å². The summed E-state index contributed by atoms with van der Waals surface area (Å²) in [7, 11) is -0.964. The summed E-state index contributed by atoms with van der Waals surface area (Å²) >= 11 is 0. The summed E-state index contributed by atoms with van der Waals surface area (Å²) < 4.78 is 341. The number of carbonyl (C=O) groups is 3. The van der Waals surface area contributed by atoms with Crippen molar-refractivity contribution in [1.29, 1.82) is 0 Å². The zero-order valence-electron chi connectivity index (χ0n) is 36.1. The number of carbonyl (C=O) groups excluding carboxylic acids is 1. The van der Waals surface area contributed by atoms with Crippen LogP contribution in [0.25, 0.3) is 0 Å². The highest BCUT2D eigenvalue weighted by Crippen LogP contribution is 2.41. The number of halogens is 24. The number of rotatable bonds is 11. The van der Waals surface area contributed by atoms with Gasteiger partial charge in [0, 0.05) is 16.5 Å². The maximum atomic E-state index is 14.2. The molecule has 5 nitrogen and oxygen atoms in total. The monoisotopic (exact) mass is 1130 g/mol. The molecule has 0 heterocycles. The van der Waals surface area contributed by atoms with Crippen molar-refractivity contribution in [3.63, 3.8) is 0 Å². The van der Waals surface area contributed by atoms with Crippen molar-refractivity contribution in [2.75, 3.05) is 17.3 Å². The fraction of sp³-hybridized carbons (Fsp3) is 0.250. The van der Waals surface area contributed by atoms with Crippen LogP contribution in [-0.2, 0) is 69.9 Å². The Kier molecular flexibility index (Phi) is 17.3. The van der Waals surface area contributed by atoms with Crippen molar-refractivity contribution in [3.8, 4) is 0 Å². The van der Waals surface area contributed by atoms with Crippen molar-refractivity contribution >= 4 is 56.6 Å². The van der Waals surface area contributed by atoms with Gasteiger partial charge in [0.15, 0.2) is 5.75 Å². The van der Waals surface area contributed by atoms with E-state index < -0.39 is 218 Å². The molecule has 0 aliphatic rings. The Morgan fingerprint density at radius 2 is 0.533 bits per heavy atom. The van der Waals surface area contributed by atoms with Crippen molar-refractivity contribution in [1.82, 2.24) is 0 Å². The van der Waals surface area contributed by atoms with Crippen molar-refractivity contribution in [3.05, 3.63) is 153 Å². The van der Waals surface area contributed by atoms with E-state index in [0.717, 1.165) is 0 Å². The molecule has 75 heavy (non-hydrogen) atoms. The molecule has 0 saturated heterocycles. The quantitative estimate of drug-likeness (QED) is 0.0595. The van der Waals surface area contributed by atoms with Crippen molar-refractivity contribution in [2.24, 2.45) is 0 Å². The third-order valence-corrected chi connectivity index (χ3v) is 12.5. The third-order valence-electron chi connectivity index (χ3n) is 10.5. The Hall–Kier alpha value is -6.56. The molecule has 2 N–H and O–H groups in total. The van der Waals surface area contributed by atoms with Crippen LogP contribution in [-0.4, -0.2) is 51.3 Å². The molecule has 0 atom stereocenters. The van der Waals surface area contributed by atoms with Crippen LogP contribution in [0.4, 0.5) is 105 Å². The molecule has 31 heteroatoms. The highest BCUT2D eigenvalue weighted by molar-refractivity contribution is 7.98. The standard InChI is InChI=1S/C32H12BF24.C12H12O5S/c34-25(35,36)13-1-14(26(37,38)39)6-21(5-13)33(22-7-15(27(40,41)42)2-16(8-22)28(43,44)45,23-9-17(29(46,47)48)3-18(10-23)30(49,50)51)24-11-19(31(52,53)54)4-20(12-24)32(55,56)57;13-10(9-4-2-1-3-5-9)6-18(7-11(14)15)8-12(16)17/h1-12H;1-5H,6-8H2,(H-,14,15,16,17)/q-1;/p+1. The molecule has 5 aromatic carbocycles. The Labute approximate surface area is 406 Å². The summed E-state index contributed by atoms with van der Waals surface area (Å²) in [6.07, 6.45) is -54.8. The predicted molar refractivity (Wildman–Crippen MR) is 218 cm³/mol. The molecule has 0 saturated carbocycles. The average molecular weight is 1130 g/mol. The van der Waals surface area contributed by atoms with Gasteiger partial charge in [0.1, 0.15) is 6.15 Å². The summed E-state index contributed by atoms with van der Waals surface area (Å²) in [5.41, 5.74) is -29.7. The van der Waals surface area contributed by atoms with Crippen LogP contribution in [0.15, 0.2) is 103 Å². The topological polar surface area (TPSA) is 91.7 Å². The predicted octanol–water partition coefficient (Wildman–Crippen LogP) is 11.9. The fourth-order valence-corrected chi connectivity index (χ4v) is 9.01. The Morgan fingerprint density at radius 3 is 0.707 bits per heavy atom. The third kappa shape index (κ3) is 15.3. The molecule has 0 aromatic heterocycles. The SMILES string of the molecule is FC(F)(F)c1cc([B-](c2cc(C(F)(F)F)cc(C(F)(F)F)c2)(c2cc(C(F)(F)F)cc(C(F)(F)F)c2)c2cc(C(F)(F)F)cc(C(F)(F)F)c2)cc(C(F)(F)F)c1.O=C(O)C[S+](CC(=O)O)CC(=O)c1ccccc1. The van der Waals surface area contributed by atoms with Gasteiger partial charge < -0.3 is 10.2 Å². The van der Waals surface area contributed by atoms with Gasteiger partial charge in [0.05, 0.1) is 44.5 Å². The van der Waals surface area contributed by atoms with Gasteiger partial charge in [0.25, 0.3) is 0 Å². The number of ketones is 1. The Morgan fingerprint density at radius 1 is 0.333 bits per heavy atom. The van der Waals surface area contributed by atoms with Gasteiger partial charge in [-0.05, 0) is 24.3 Å². The van der Waals surface area contributed by atoms with Crippen LogP contribution in [0.3, 0.4) is 0 Å². The van der Waals surface area contributed by atoms with E-state index in [1.54, 1.807) is 30.3 Å². The Balaban J connectivity index is 0.000000569. The average Bonchev–Trinajstić information content (AvgIpc) is 3.24. The first kappa shape index (κ1) is 61.0. The maximum absolute atomic E-state index is 14.2. The lowest BCUT2D eigenvalue weighted by Crippen LogP contribution is -2.75. The van der Waals surface area contributed by atoms with Crippen LogP contribution < -0.4 is 21.9 Å². The van der Waals surface area contributed by atoms with Crippen LogP contribution in [0.1, 0.15) is 54.9 Å². The van der Waals surface area contributed by atoms with Gasteiger partial charge in [-0.25, -0.2) is 9.59 Å². The lowest BCUT2D eigenvalue weighted by molar-refractivity contribution is -0.144. The van der Waals surface area contributed by atoms with E-state index in [1.807, 2.05) is 0 Å². The first-order chi connectivity index (χ1) is 33.7. The lowest BCUT2D eigenvalue weighted by atomic mass is 9.12. The minimum Gasteiger partial charge on any atom is -0.478 e. The number of carboxylic acid groups (broad SMARTS) is 2. The molecule has 0 amide bonds. The van der Waals surface area contributed by atoms with Gasteiger partial charge in [-0.3, -0.25) is 4.79 Å². The molecule has 5 rings (SSSR count). The number of Topliss-reactive ketones (excluding diaryl/α,β-unsaturated/α-hetero) is 1. The molecule has 0 fully saturated rings. The van der Waals surface area contributed by atoms with Gasteiger partial charge in [-0.15, -0.1) is 0 Å². The van der Waals surface area contributed by atoms with Gasteiger partial charge in [-0.1, -0.05) is 78.9 Å². The van der Waals surface area contributed by atoms with E-state index in [2.05, 4.69) is 0 Å². The first-order valence-corrected chi connectivity index (χ1v) is 21.5. The molecule has 0 aliphatic heterocycles. The Bertz CT molecular complexity index is 2440. The van der Waals surface area contributed by atoms with Crippen molar-refractivity contribution < 1.29 is 130 Å². The summed E-state index contributed by atoms with van der Waals surface area (Å²) in [4.78, 5) is 33.1. The molecular formula is C44H25BF24O5S. The molecule has 5 aromatic rings. The summed E-state index contributed by atoms with van der Waals surface area (Å²) in [5.74, 6) is -3.00. The fourth-order valence-electron chi connectivity index (χ4n) is 7.47. The van der Waals surface area contributed by atoms with E-state index in [9.17, 15) is 120 Å². The van der Waals surface area contributed by atoms with E-state index in [4.69, 9.17) is 10.2 Å². The van der Waals surface area contributed by atoms with Gasteiger partial charge >= 0.3 is 61.3 Å². The molecular weight excluding hydrogens is 1110 g/mol. The normalized spacial score (nSPS) is 13.3. The number of aliphatic carboxylic acids is 2. The summed E-state index contributed by atoms with van der Waals surface area (Å²) in [5, 5.41) is 17.4. The number of hydrogen-bond acceptors (Lipinski definition) is 3. The second-order valence-corrected chi connectivity index (χ2v) is 17.9. The minimum absolute atomic E-state index is 0.0391. The van der Waals surface area contributed by atoms with Crippen molar-refractivity contribution in [2.45, 2.75) is 49.4 Å². The van der Waals surface area contributed by atoms with Crippen LogP contribution >= 0.6 is 0 Å². The largest absolute Gasteiger partial charge is 0.478 e. The molecule has 0 aliphatic carbocycles. The van der Waals surface area contributed by atoms with Gasteiger partial charge in [-0.2, -0.15) is 127 Å². The maximum Gasteiger partial charge on any atom is 0.416 e. The molecule has 0 unspecified atom stereocenters. The second kappa shape index (κ2) is 21.2. The van der Waals surface area contributed by atoms with E-state index in [-0.39, 0.29) is 23.0 Å². The number of carboxylic acids is 2. The zero-order valence-corrected chi connectivity index (χ0v) is 36.9. The van der Waals surface area contributed by atoms with Gasteiger partial charge in [0.2, 0.25) is 17.3 Å². The van der Waals surface area contributed by atoms with E-state index in [0.29, 0.717) is 5.56 Å². The summed E-state index contributed by atoms with van der Waals surface area (Å²) in [6.45, 7) is 0.